The van der Waals surface area contributed by atoms with Crippen LogP contribution in [0, 0.1) is 0 Å². The lowest BCUT2D eigenvalue weighted by molar-refractivity contribution is -0.131. The minimum absolute atomic E-state index is 0.132. The first kappa shape index (κ1) is 16.8. The lowest BCUT2D eigenvalue weighted by atomic mass is 10.00. The smallest absolute Gasteiger partial charge is 0.236 e. The summed E-state index contributed by atoms with van der Waals surface area (Å²) in [4.78, 5) is 14.7. The van der Waals surface area contributed by atoms with Crippen LogP contribution in [-0.2, 0) is 17.8 Å². The van der Waals surface area contributed by atoms with Gasteiger partial charge in [0.25, 0.3) is 0 Å². The molecule has 0 aliphatic carbocycles. The minimum atomic E-state index is -0.132. The fraction of sp³-hybridized carbons (Fsp3) is 0.438. The van der Waals surface area contributed by atoms with E-state index in [0.717, 1.165) is 27.4 Å². The molecular formula is C16H19N3OS3. The first-order valence-electron chi connectivity index (χ1n) is 7.66. The van der Waals surface area contributed by atoms with Crippen molar-refractivity contribution in [2.45, 2.75) is 40.7 Å². The van der Waals surface area contributed by atoms with Crippen LogP contribution in [0.4, 0.5) is 0 Å². The van der Waals surface area contributed by atoms with Crippen molar-refractivity contribution >= 4 is 40.8 Å². The highest BCUT2D eigenvalue weighted by molar-refractivity contribution is 8.03. The number of hydrogen-bond acceptors (Lipinski definition) is 6. The molecule has 0 spiro atoms. The summed E-state index contributed by atoms with van der Waals surface area (Å²) in [7, 11) is 0. The van der Waals surface area contributed by atoms with Crippen molar-refractivity contribution in [1.82, 2.24) is 15.1 Å². The predicted molar refractivity (Wildman–Crippen MR) is 97.2 cm³/mol. The maximum absolute atomic E-state index is 12.7. The summed E-state index contributed by atoms with van der Waals surface area (Å²) in [6.07, 6.45) is 0.940. The van der Waals surface area contributed by atoms with Crippen LogP contribution < -0.4 is 0 Å². The average Bonchev–Trinajstić information content (AvgIpc) is 3.01. The predicted octanol–water partition coefficient (Wildman–Crippen LogP) is 3.72. The van der Waals surface area contributed by atoms with Crippen molar-refractivity contribution in [1.29, 1.82) is 0 Å². The average molecular weight is 366 g/mol. The van der Waals surface area contributed by atoms with Gasteiger partial charge in [0.1, 0.15) is 0 Å². The van der Waals surface area contributed by atoms with Crippen LogP contribution in [0.25, 0.3) is 0 Å². The Balaban J connectivity index is 1.61. The monoisotopic (exact) mass is 365 g/mol. The Bertz CT molecular complexity index is 689. The number of aromatic nitrogens is 2. The largest absolute Gasteiger partial charge is 0.337 e. The molecule has 0 saturated heterocycles. The van der Waals surface area contributed by atoms with Crippen LogP contribution in [0.3, 0.4) is 0 Å². The Morgan fingerprint density at radius 2 is 2.04 bits per heavy atom. The zero-order chi connectivity index (χ0) is 16.2. The summed E-state index contributed by atoms with van der Waals surface area (Å²) in [5, 5.41) is 8.19. The number of hydrogen-bond donors (Lipinski definition) is 0. The maximum atomic E-state index is 12.7. The highest BCUT2D eigenvalue weighted by atomic mass is 32.2. The second-order valence-electron chi connectivity index (χ2n) is 5.31. The maximum Gasteiger partial charge on any atom is 0.236 e. The van der Waals surface area contributed by atoms with Crippen LogP contribution in [0.2, 0.25) is 0 Å². The summed E-state index contributed by atoms with van der Waals surface area (Å²) in [5.41, 5.74) is 2.63. The first-order valence-corrected chi connectivity index (χ1v) is 10.3. The van der Waals surface area contributed by atoms with E-state index in [1.165, 1.54) is 22.9 Å². The van der Waals surface area contributed by atoms with Crippen LogP contribution in [-0.4, -0.2) is 38.6 Å². The van der Waals surface area contributed by atoms with Crippen LogP contribution >= 0.6 is 34.9 Å². The molecule has 1 atom stereocenters. The summed E-state index contributed by atoms with van der Waals surface area (Å²) < 4.78 is 1.85. The lowest BCUT2D eigenvalue weighted by Crippen LogP contribution is -2.40. The van der Waals surface area contributed by atoms with Gasteiger partial charge in [-0.25, -0.2) is 0 Å². The number of benzene rings is 1. The molecule has 1 aromatic carbocycles. The van der Waals surface area contributed by atoms with Gasteiger partial charge in [-0.05, 0) is 30.2 Å². The molecule has 0 bridgehead atoms. The van der Waals surface area contributed by atoms with E-state index in [1.807, 2.05) is 17.9 Å². The molecule has 1 aliphatic rings. The summed E-state index contributed by atoms with van der Waals surface area (Å²) in [5.74, 6) is 1.17. The van der Waals surface area contributed by atoms with E-state index in [2.05, 4.69) is 35.3 Å². The van der Waals surface area contributed by atoms with Gasteiger partial charge >= 0.3 is 0 Å². The number of rotatable bonds is 5. The quantitative estimate of drug-likeness (QED) is 0.756. The Kier molecular flexibility index (Phi) is 5.61. The third-order valence-corrected chi connectivity index (χ3v) is 6.83. The molecule has 7 heteroatoms. The van der Waals surface area contributed by atoms with Gasteiger partial charge in [0.2, 0.25) is 5.91 Å². The summed E-state index contributed by atoms with van der Waals surface area (Å²) in [6.45, 7) is 5.57. The molecule has 4 nitrogen and oxygen atoms in total. The molecule has 2 aromatic rings. The third kappa shape index (κ3) is 4.08. The standard InChI is InChI=1S/C16H19N3OS3/c1-3-21-15-17-18-16(23-15)22-11(2)14(20)19-9-8-12-6-4-5-7-13(12)10-19/h4-7,11H,3,8-10H2,1-2H3/t11-/m0/s1. The van der Waals surface area contributed by atoms with Gasteiger partial charge in [0.05, 0.1) is 5.25 Å². The number of nitrogens with zero attached hydrogens (tertiary/aromatic N) is 3. The van der Waals surface area contributed by atoms with Crippen LogP contribution in [0.5, 0.6) is 0 Å². The van der Waals surface area contributed by atoms with E-state index in [9.17, 15) is 4.79 Å². The molecule has 0 fully saturated rings. The number of amides is 1. The molecule has 0 saturated carbocycles. The lowest BCUT2D eigenvalue weighted by Gasteiger charge is -2.30. The fourth-order valence-electron chi connectivity index (χ4n) is 2.57. The molecule has 23 heavy (non-hydrogen) atoms. The molecule has 0 radical (unpaired) electrons. The van der Waals surface area contributed by atoms with Crippen molar-refractivity contribution in [3.8, 4) is 0 Å². The molecule has 3 rings (SSSR count). The zero-order valence-corrected chi connectivity index (χ0v) is 15.6. The van der Waals surface area contributed by atoms with E-state index < -0.39 is 0 Å². The Morgan fingerprint density at radius 1 is 1.30 bits per heavy atom. The van der Waals surface area contributed by atoms with Gasteiger partial charge in [-0.3, -0.25) is 4.79 Å². The highest BCUT2D eigenvalue weighted by Crippen LogP contribution is 2.32. The number of thioether (sulfide) groups is 2. The molecule has 1 amide bonds. The second-order valence-corrected chi connectivity index (χ2v) is 9.38. The number of carbonyl (C=O) groups excluding carboxylic acids is 1. The van der Waals surface area contributed by atoms with Crippen molar-refractivity contribution in [3.05, 3.63) is 35.4 Å². The minimum Gasteiger partial charge on any atom is -0.337 e. The van der Waals surface area contributed by atoms with Gasteiger partial charge in [-0.1, -0.05) is 66.0 Å². The van der Waals surface area contributed by atoms with E-state index in [0.29, 0.717) is 6.54 Å². The molecule has 0 N–H and O–H groups in total. The summed E-state index contributed by atoms with van der Waals surface area (Å²) in [6, 6.07) is 8.38. The van der Waals surface area contributed by atoms with Crippen LogP contribution in [0.15, 0.2) is 32.9 Å². The SMILES string of the molecule is CCSc1nnc(S[C@@H](C)C(=O)N2CCc3ccccc3C2)s1. The Labute approximate surface area is 149 Å². The molecular weight excluding hydrogens is 346 g/mol. The summed E-state index contributed by atoms with van der Waals surface area (Å²) >= 11 is 4.77. The normalized spacial score (nSPS) is 15.3. The molecule has 122 valence electrons. The molecule has 2 heterocycles. The van der Waals surface area contributed by atoms with Gasteiger partial charge in [-0.15, -0.1) is 10.2 Å². The van der Waals surface area contributed by atoms with Gasteiger partial charge in [-0.2, -0.15) is 0 Å². The van der Waals surface area contributed by atoms with Crippen molar-refractivity contribution < 1.29 is 4.79 Å². The highest BCUT2D eigenvalue weighted by Gasteiger charge is 2.26. The topological polar surface area (TPSA) is 46.1 Å². The Morgan fingerprint density at radius 3 is 2.83 bits per heavy atom. The van der Waals surface area contributed by atoms with Crippen molar-refractivity contribution in [3.63, 3.8) is 0 Å². The van der Waals surface area contributed by atoms with Gasteiger partial charge in [0, 0.05) is 13.1 Å². The molecule has 0 unspecified atom stereocenters. The molecule has 1 aromatic heterocycles. The molecule has 1 aliphatic heterocycles. The fourth-order valence-corrected chi connectivity index (χ4v) is 5.71. The third-order valence-electron chi connectivity index (χ3n) is 3.72. The van der Waals surface area contributed by atoms with Gasteiger partial charge < -0.3 is 4.90 Å². The van der Waals surface area contributed by atoms with E-state index >= 15 is 0 Å². The Hall–Kier alpha value is -1.05. The van der Waals surface area contributed by atoms with Crippen molar-refractivity contribution in [2.75, 3.05) is 12.3 Å². The van der Waals surface area contributed by atoms with Crippen molar-refractivity contribution in [2.24, 2.45) is 0 Å². The van der Waals surface area contributed by atoms with E-state index in [1.54, 1.807) is 23.1 Å². The second kappa shape index (κ2) is 7.68. The zero-order valence-electron chi connectivity index (χ0n) is 13.2. The number of fused-ring (bicyclic) bond motifs is 1. The van der Waals surface area contributed by atoms with Gasteiger partial charge in [0.15, 0.2) is 8.68 Å². The van der Waals surface area contributed by atoms with E-state index in [4.69, 9.17) is 0 Å². The number of carbonyl (C=O) groups is 1. The first-order chi connectivity index (χ1) is 11.2. The van der Waals surface area contributed by atoms with Crippen LogP contribution in [0.1, 0.15) is 25.0 Å². The van der Waals surface area contributed by atoms with E-state index in [-0.39, 0.29) is 11.2 Å².